The highest BCUT2D eigenvalue weighted by atomic mass is 35.5. The number of carbonyl (C=O) groups excluding carboxylic acids is 1. The summed E-state index contributed by atoms with van der Waals surface area (Å²) in [6.45, 7) is 3.39. The molecule has 4 nitrogen and oxygen atoms in total. The molecule has 0 fully saturated rings. The first-order valence-corrected chi connectivity index (χ1v) is 4.53. The van der Waals surface area contributed by atoms with E-state index in [0.29, 0.717) is 16.6 Å². The summed E-state index contributed by atoms with van der Waals surface area (Å²) in [7, 11) is 0. The van der Waals surface area contributed by atoms with E-state index in [-0.39, 0.29) is 5.91 Å². The first-order chi connectivity index (χ1) is 6.49. The van der Waals surface area contributed by atoms with E-state index in [0.717, 1.165) is 0 Å². The molecular weight excluding hydrogens is 204 g/mol. The Morgan fingerprint density at radius 1 is 1.57 bits per heavy atom. The second kappa shape index (κ2) is 2.85. The fraction of sp³-hybridized carbons (Fsp3) is 0.333. The van der Waals surface area contributed by atoms with E-state index in [1.165, 1.54) is 6.20 Å². The lowest BCUT2D eigenvalue weighted by atomic mass is 10.1. The van der Waals surface area contributed by atoms with Crippen LogP contribution in [0, 0.1) is 0 Å². The highest BCUT2D eigenvalue weighted by Gasteiger charge is 2.35. The minimum Gasteiger partial charge on any atom is -0.476 e. The molecule has 1 aliphatic heterocycles. The van der Waals surface area contributed by atoms with Crippen molar-refractivity contribution in [2.24, 2.45) is 0 Å². The highest BCUT2D eigenvalue weighted by Crippen LogP contribution is 2.33. The van der Waals surface area contributed by atoms with E-state index in [2.05, 4.69) is 10.3 Å². The second-order valence-electron chi connectivity index (χ2n) is 3.57. The summed E-state index contributed by atoms with van der Waals surface area (Å²) < 4.78 is 5.48. The molecule has 0 saturated carbocycles. The van der Waals surface area contributed by atoms with Crippen molar-refractivity contribution in [2.75, 3.05) is 5.32 Å². The van der Waals surface area contributed by atoms with Crippen LogP contribution in [-0.2, 0) is 4.79 Å². The van der Waals surface area contributed by atoms with Gasteiger partial charge in [0.1, 0.15) is 16.6 Å². The number of anilines is 1. The molecule has 0 saturated heterocycles. The Labute approximate surface area is 86.2 Å². The zero-order valence-electron chi connectivity index (χ0n) is 7.80. The van der Waals surface area contributed by atoms with Gasteiger partial charge in [-0.1, -0.05) is 11.6 Å². The van der Waals surface area contributed by atoms with Crippen molar-refractivity contribution < 1.29 is 9.53 Å². The van der Waals surface area contributed by atoms with Gasteiger partial charge in [-0.2, -0.15) is 0 Å². The number of hydrogen-bond donors (Lipinski definition) is 1. The maximum Gasteiger partial charge on any atom is 0.268 e. The number of nitrogens with zero attached hydrogens (tertiary/aromatic N) is 1. The third-order valence-electron chi connectivity index (χ3n) is 1.99. The number of rotatable bonds is 0. The van der Waals surface area contributed by atoms with Gasteiger partial charge in [-0.25, -0.2) is 4.98 Å². The van der Waals surface area contributed by atoms with Crippen LogP contribution in [-0.4, -0.2) is 16.5 Å². The third kappa shape index (κ3) is 1.42. The normalized spacial score (nSPS) is 18.1. The van der Waals surface area contributed by atoms with Gasteiger partial charge in [-0.3, -0.25) is 4.79 Å². The predicted molar refractivity (Wildman–Crippen MR) is 52.6 cm³/mol. The summed E-state index contributed by atoms with van der Waals surface area (Å²) in [4.78, 5) is 15.3. The summed E-state index contributed by atoms with van der Waals surface area (Å²) >= 11 is 5.70. The molecule has 1 aromatic rings. The number of halogens is 1. The van der Waals surface area contributed by atoms with Crippen LogP contribution in [0.4, 0.5) is 5.69 Å². The number of aromatic nitrogens is 1. The van der Waals surface area contributed by atoms with Gasteiger partial charge < -0.3 is 10.1 Å². The number of fused-ring (bicyclic) bond motifs is 1. The smallest absolute Gasteiger partial charge is 0.268 e. The minimum atomic E-state index is -0.863. The SMILES string of the molecule is CC1(C)Oc2cc(Cl)ncc2NC1=O. The largest absolute Gasteiger partial charge is 0.476 e. The molecule has 1 N–H and O–H groups in total. The molecule has 0 radical (unpaired) electrons. The zero-order valence-corrected chi connectivity index (χ0v) is 8.55. The summed E-state index contributed by atoms with van der Waals surface area (Å²) in [6, 6.07) is 1.58. The Balaban J connectivity index is 2.46. The zero-order chi connectivity index (χ0) is 10.3. The van der Waals surface area contributed by atoms with Crippen LogP contribution in [0.3, 0.4) is 0 Å². The van der Waals surface area contributed by atoms with Crippen LogP contribution in [0.5, 0.6) is 5.75 Å². The molecule has 0 unspecified atom stereocenters. The molecule has 1 aromatic heterocycles. The molecule has 0 atom stereocenters. The maximum absolute atomic E-state index is 11.5. The average Bonchev–Trinajstić information content (AvgIpc) is 2.07. The van der Waals surface area contributed by atoms with Gasteiger partial charge >= 0.3 is 0 Å². The monoisotopic (exact) mass is 212 g/mol. The molecule has 0 aliphatic carbocycles. The predicted octanol–water partition coefficient (Wildman–Crippen LogP) is 1.84. The van der Waals surface area contributed by atoms with Crippen molar-refractivity contribution in [3.05, 3.63) is 17.4 Å². The molecule has 5 heteroatoms. The van der Waals surface area contributed by atoms with Crippen LogP contribution < -0.4 is 10.1 Å². The van der Waals surface area contributed by atoms with E-state index in [1.54, 1.807) is 19.9 Å². The molecule has 74 valence electrons. The summed E-state index contributed by atoms with van der Waals surface area (Å²) in [5, 5.41) is 3.04. The lowest BCUT2D eigenvalue weighted by molar-refractivity contribution is -0.129. The van der Waals surface area contributed by atoms with Gasteiger partial charge in [0.25, 0.3) is 5.91 Å². The van der Waals surface area contributed by atoms with Crippen molar-refractivity contribution >= 4 is 23.2 Å². The first kappa shape index (κ1) is 9.27. The van der Waals surface area contributed by atoms with E-state index in [9.17, 15) is 4.79 Å². The van der Waals surface area contributed by atoms with Crippen molar-refractivity contribution in [1.29, 1.82) is 0 Å². The molecule has 2 rings (SSSR count). The molecule has 0 spiro atoms. The van der Waals surface area contributed by atoms with Gasteiger partial charge in [0.15, 0.2) is 5.60 Å². The second-order valence-corrected chi connectivity index (χ2v) is 3.96. The number of pyridine rings is 1. The summed E-state index contributed by atoms with van der Waals surface area (Å²) in [6.07, 6.45) is 1.48. The van der Waals surface area contributed by atoms with Crippen LogP contribution >= 0.6 is 11.6 Å². The number of hydrogen-bond acceptors (Lipinski definition) is 3. The molecule has 1 amide bonds. The van der Waals surface area contributed by atoms with E-state index in [4.69, 9.17) is 16.3 Å². The number of carbonyl (C=O) groups is 1. The highest BCUT2D eigenvalue weighted by molar-refractivity contribution is 6.29. The molecule has 0 bridgehead atoms. The van der Waals surface area contributed by atoms with Gasteiger partial charge in [0.05, 0.1) is 6.20 Å². The van der Waals surface area contributed by atoms with Gasteiger partial charge in [-0.15, -0.1) is 0 Å². The van der Waals surface area contributed by atoms with Crippen LogP contribution in [0.2, 0.25) is 5.15 Å². The Kier molecular flexibility index (Phi) is 1.89. The van der Waals surface area contributed by atoms with Crippen LogP contribution in [0.1, 0.15) is 13.8 Å². The molecule has 14 heavy (non-hydrogen) atoms. The first-order valence-electron chi connectivity index (χ1n) is 4.15. The fourth-order valence-electron chi connectivity index (χ4n) is 1.19. The third-order valence-corrected chi connectivity index (χ3v) is 2.20. The van der Waals surface area contributed by atoms with Crippen molar-refractivity contribution in [2.45, 2.75) is 19.4 Å². The lowest BCUT2D eigenvalue weighted by Crippen LogP contribution is -2.45. The number of ether oxygens (including phenoxy) is 1. The van der Waals surface area contributed by atoms with Crippen molar-refractivity contribution in [3.63, 3.8) is 0 Å². The number of nitrogens with one attached hydrogen (secondary N) is 1. The number of amides is 1. The molecule has 0 aromatic carbocycles. The standard InChI is InChI=1S/C9H9ClN2O2/c1-9(2)8(13)12-5-4-11-7(10)3-6(5)14-9/h3-4H,1-2H3,(H,12,13). The van der Waals surface area contributed by atoms with E-state index < -0.39 is 5.60 Å². The molecular formula is C9H9ClN2O2. The summed E-state index contributed by atoms with van der Waals surface area (Å²) in [5.74, 6) is 0.365. The van der Waals surface area contributed by atoms with E-state index >= 15 is 0 Å². The minimum absolute atomic E-state index is 0.186. The van der Waals surface area contributed by atoms with Gasteiger partial charge in [-0.05, 0) is 13.8 Å². The Hall–Kier alpha value is -1.29. The molecule has 1 aliphatic rings. The fourth-order valence-corrected chi connectivity index (χ4v) is 1.33. The van der Waals surface area contributed by atoms with E-state index in [1.807, 2.05) is 0 Å². The quantitative estimate of drug-likeness (QED) is 0.668. The Morgan fingerprint density at radius 3 is 3.00 bits per heavy atom. The lowest BCUT2D eigenvalue weighted by Gasteiger charge is -2.31. The van der Waals surface area contributed by atoms with Gasteiger partial charge in [0.2, 0.25) is 0 Å². The van der Waals surface area contributed by atoms with Crippen LogP contribution in [0.15, 0.2) is 12.3 Å². The average molecular weight is 213 g/mol. The Morgan fingerprint density at radius 2 is 2.29 bits per heavy atom. The topological polar surface area (TPSA) is 51.2 Å². The van der Waals surface area contributed by atoms with Gasteiger partial charge in [0, 0.05) is 6.07 Å². The van der Waals surface area contributed by atoms with Crippen molar-refractivity contribution in [3.8, 4) is 5.75 Å². The summed E-state index contributed by atoms with van der Waals surface area (Å²) in [5.41, 5.74) is -0.309. The van der Waals surface area contributed by atoms with Crippen LogP contribution in [0.25, 0.3) is 0 Å². The van der Waals surface area contributed by atoms with Crippen molar-refractivity contribution in [1.82, 2.24) is 4.98 Å². The Bertz CT molecular complexity index is 404. The maximum atomic E-state index is 11.5. The molecule has 2 heterocycles.